The van der Waals surface area contributed by atoms with Crippen molar-refractivity contribution in [2.24, 2.45) is 11.7 Å². The number of hydrogen-bond acceptors (Lipinski definition) is 8. The lowest BCUT2D eigenvalue weighted by molar-refractivity contribution is -0.384. The van der Waals surface area contributed by atoms with E-state index in [1.165, 1.54) is 6.20 Å². The van der Waals surface area contributed by atoms with Crippen LogP contribution in [0.5, 0.6) is 0 Å². The fourth-order valence-electron chi connectivity index (χ4n) is 3.24. The molecule has 0 spiro atoms. The highest BCUT2D eigenvalue weighted by Gasteiger charge is 2.21. The van der Waals surface area contributed by atoms with E-state index in [2.05, 4.69) is 20.6 Å². The van der Waals surface area contributed by atoms with Gasteiger partial charge < -0.3 is 22.1 Å². The Bertz CT molecular complexity index is 791. The molecule has 6 N–H and O–H groups in total. The minimum atomic E-state index is -0.471. The Morgan fingerprint density at radius 2 is 2.00 bits per heavy atom. The SMILES string of the molecule is Nc1cccc(CNc2ncc([N+](=O)[O-])c(NC[C@H]3CC[C@H](N)CC3)n2)c1. The number of anilines is 3. The Kier molecular flexibility index (Phi) is 6.02. The van der Waals surface area contributed by atoms with Crippen molar-refractivity contribution in [3.05, 3.63) is 46.1 Å². The summed E-state index contributed by atoms with van der Waals surface area (Å²) in [5, 5.41) is 17.5. The van der Waals surface area contributed by atoms with Gasteiger partial charge in [-0.05, 0) is 49.3 Å². The highest BCUT2D eigenvalue weighted by Crippen LogP contribution is 2.26. The summed E-state index contributed by atoms with van der Waals surface area (Å²) in [7, 11) is 0. The molecule has 2 aromatic rings. The number of nitrogens with one attached hydrogen (secondary N) is 2. The summed E-state index contributed by atoms with van der Waals surface area (Å²) >= 11 is 0. The molecule has 0 amide bonds. The van der Waals surface area contributed by atoms with Crippen LogP contribution in [0.3, 0.4) is 0 Å². The van der Waals surface area contributed by atoms with Crippen molar-refractivity contribution in [3.8, 4) is 0 Å². The van der Waals surface area contributed by atoms with Gasteiger partial charge in [-0.1, -0.05) is 12.1 Å². The second-order valence-electron chi connectivity index (χ2n) is 6.94. The fourth-order valence-corrected chi connectivity index (χ4v) is 3.24. The van der Waals surface area contributed by atoms with Gasteiger partial charge in [0.25, 0.3) is 0 Å². The first kappa shape index (κ1) is 18.8. The van der Waals surface area contributed by atoms with E-state index in [9.17, 15) is 10.1 Å². The molecule has 0 bridgehead atoms. The maximum Gasteiger partial charge on any atom is 0.329 e. The third-order valence-electron chi connectivity index (χ3n) is 4.82. The number of nitro groups is 1. The van der Waals surface area contributed by atoms with Crippen LogP contribution in [-0.4, -0.2) is 27.5 Å². The molecule has 1 saturated carbocycles. The molecule has 1 aromatic heterocycles. The summed E-state index contributed by atoms with van der Waals surface area (Å²) in [5.41, 5.74) is 13.2. The van der Waals surface area contributed by atoms with Crippen molar-refractivity contribution in [1.29, 1.82) is 0 Å². The standard InChI is InChI=1S/C18H25N7O2/c19-14-6-4-12(5-7-14)9-21-17-16(25(26)27)11-23-18(24-17)22-10-13-2-1-3-15(20)8-13/h1-3,8,11-12,14H,4-7,9-10,19-20H2,(H2,21,22,23,24)/t12-,14-. The first-order valence-electron chi connectivity index (χ1n) is 9.10. The van der Waals surface area contributed by atoms with E-state index in [1.54, 1.807) is 0 Å². The minimum Gasteiger partial charge on any atom is -0.399 e. The lowest BCUT2D eigenvalue weighted by atomic mass is 9.86. The van der Waals surface area contributed by atoms with Crippen LogP contribution in [0.1, 0.15) is 31.2 Å². The number of nitrogens with two attached hydrogens (primary N) is 2. The molecule has 0 unspecified atom stereocenters. The Morgan fingerprint density at radius 1 is 1.22 bits per heavy atom. The van der Waals surface area contributed by atoms with E-state index >= 15 is 0 Å². The van der Waals surface area contributed by atoms with E-state index in [1.807, 2.05) is 24.3 Å². The Labute approximate surface area is 157 Å². The third-order valence-corrected chi connectivity index (χ3v) is 4.82. The van der Waals surface area contributed by atoms with Gasteiger partial charge in [0.05, 0.1) is 4.92 Å². The van der Waals surface area contributed by atoms with Gasteiger partial charge in [-0.3, -0.25) is 10.1 Å². The molecule has 0 atom stereocenters. The lowest BCUT2D eigenvalue weighted by Crippen LogP contribution is -2.29. The fraction of sp³-hybridized carbons (Fsp3) is 0.444. The number of nitrogen functional groups attached to an aromatic ring is 1. The molecule has 1 heterocycles. The van der Waals surface area contributed by atoms with Crippen molar-refractivity contribution in [3.63, 3.8) is 0 Å². The van der Waals surface area contributed by atoms with Gasteiger partial charge in [0.1, 0.15) is 6.20 Å². The van der Waals surface area contributed by atoms with Crippen LogP contribution < -0.4 is 22.1 Å². The summed E-state index contributed by atoms with van der Waals surface area (Å²) in [6.07, 6.45) is 5.26. The van der Waals surface area contributed by atoms with Crippen LogP contribution in [0.4, 0.5) is 23.1 Å². The zero-order valence-electron chi connectivity index (χ0n) is 15.1. The highest BCUT2D eigenvalue weighted by molar-refractivity contribution is 5.57. The second kappa shape index (κ2) is 8.63. The van der Waals surface area contributed by atoms with Crippen molar-refractivity contribution in [2.45, 2.75) is 38.3 Å². The number of rotatable bonds is 7. The molecule has 0 aliphatic heterocycles. The Balaban J connectivity index is 1.65. The van der Waals surface area contributed by atoms with Gasteiger partial charge in [-0.15, -0.1) is 0 Å². The second-order valence-corrected chi connectivity index (χ2v) is 6.94. The molecule has 9 nitrogen and oxygen atoms in total. The molecule has 1 aliphatic carbocycles. The minimum absolute atomic E-state index is 0.128. The topological polar surface area (TPSA) is 145 Å². The number of aromatic nitrogens is 2. The quantitative estimate of drug-likeness (QED) is 0.330. The summed E-state index contributed by atoms with van der Waals surface area (Å²) < 4.78 is 0. The Morgan fingerprint density at radius 3 is 2.70 bits per heavy atom. The maximum atomic E-state index is 11.3. The number of benzene rings is 1. The molecule has 9 heteroatoms. The molecular weight excluding hydrogens is 346 g/mol. The van der Waals surface area contributed by atoms with E-state index in [0.717, 1.165) is 31.2 Å². The maximum absolute atomic E-state index is 11.3. The zero-order chi connectivity index (χ0) is 19.2. The Hall–Kier alpha value is -2.94. The average molecular weight is 371 g/mol. The smallest absolute Gasteiger partial charge is 0.329 e. The molecule has 27 heavy (non-hydrogen) atoms. The van der Waals surface area contributed by atoms with Crippen LogP contribution in [0.15, 0.2) is 30.5 Å². The van der Waals surface area contributed by atoms with Crippen molar-refractivity contribution in [1.82, 2.24) is 9.97 Å². The van der Waals surface area contributed by atoms with Crippen LogP contribution >= 0.6 is 0 Å². The lowest BCUT2D eigenvalue weighted by Gasteiger charge is -2.26. The van der Waals surface area contributed by atoms with Gasteiger partial charge in [0.15, 0.2) is 0 Å². The summed E-state index contributed by atoms with van der Waals surface area (Å²) in [6, 6.07) is 7.74. The number of hydrogen-bond donors (Lipinski definition) is 4. The molecule has 144 valence electrons. The predicted octanol–water partition coefficient (Wildman–Crippen LogP) is 2.51. The summed E-state index contributed by atoms with van der Waals surface area (Å²) in [6.45, 7) is 1.11. The molecule has 0 radical (unpaired) electrons. The van der Waals surface area contributed by atoms with Gasteiger partial charge in [-0.2, -0.15) is 4.98 Å². The van der Waals surface area contributed by atoms with Gasteiger partial charge in [0, 0.05) is 24.8 Å². The van der Waals surface area contributed by atoms with Crippen LogP contribution in [-0.2, 0) is 6.54 Å². The largest absolute Gasteiger partial charge is 0.399 e. The first-order valence-corrected chi connectivity index (χ1v) is 9.10. The molecule has 3 rings (SSSR count). The van der Waals surface area contributed by atoms with Crippen LogP contribution in [0.25, 0.3) is 0 Å². The monoisotopic (exact) mass is 371 g/mol. The summed E-state index contributed by atoms with van der Waals surface area (Å²) in [5.74, 6) is 1.01. The van der Waals surface area contributed by atoms with Crippen LogP contribution in [0, 0.1) is 16.0 Å². The molecule has 0 saturated heterocycles. The van der Waals surface area contributed by atoms with Gasteiger partial charge in [0.2, 0.25) is 11.8 Å². The molecule has 1 fully saturated rings. The van der Waals surface area contributed by atoms with Crippen molar-refractivity contribution >= 4 is 23.1 Å². The van der Waals surface area contributed by atoms with E-state index < -0.39 is 4.92 Å². The molecular formula is C18H25N7O2. The van der Waals surface area contributed by atoms with E-state index in [-0.39, 0.29) is 17.5 Å². The normalized spacial score (nSPS) is 19.4. The van der Waals surface area contributed by atoms with E-state index in [0.29, 0.717) is 30.6 Å². The van der Waals surface area contributed by atoms with Gasteiger partial charge >= 0.3 is 5.69 Å². The third kappa shape index (κ3) is 5.27. The first-order chi connectivity index (χ1) is 13.0. The van der Waals surface area contributed by atoms with Crippen molar-refractivity contribution in [2.75, 3.05) is 22.9 Å². The van der Waals surface area contributed by atoms with Crippen LogP contribution in [0.2, 0.25) is 0 Å². The average Bonchev–Trinajstić information content (AvgIpc) is 2.66. The van der Waals surface area contributed by atoms with E-state index in [4.69, 9.17) is 11.5 Å². The zero-order valence-corrected chi connectivity index (χ0v) is 15.1. The number of nitrogens with zero attached hydrogens (tertiary/aromatic N) is 3. The van der Waals surface area contributed by atoms with Crippen molar-refractivity contribution < 1.29 is 4.92 Å². The summed E-state index contributed by atoms with van der Waals surface area (Å²) in [4.78, 5) is 19.2. The highest BCUT2D eigenvalue weighted by atomic mass is 16.6. The van der Waals surface area contributed by atoms with Gasteiger partial charge in [-0.25, -0.2) is 4.98 Å². The predicted molar refractivity (Wildman–Crippen MR) is 105 cm³/mol. The molecule has 1 aliphatic rings. The molecule has 1 aromatic carbocycles.